The summed E-state index contributed by atoms with van der Waals surface area (Å²) in [7, 11) is 6.65. The summed E-state index contributed by atoms with van der Waals surface area (Å²) in [6.45, 7) is 3.26. The normalized spacial score (nSPS) is 13.9. The van der Waals surface area contributed by atoms with E-state index in [-0.39, 0.29) is 11.8 Å². The van der Waals surface area contributed by atoms with Crippen molar-refractivity contribution in [1.29, 1.82) is 0 Å². The number of thiophene rings is 1. The number of anilines is 1. The smallest absolute Gasteiger partial charge is 0.265 e. The maximum Gasteiger partial charge on any atom is 0.265 e. The molecule has 184 valence electrons. The molecule has 1 saturated heterocycles. The van der Waals surface area contributed by atoms with Crippen molar-refractivity contribution in [3.8, 4) is 27.7 Å². The van der Waals surface area contributed by atoms with Crippen LogP contribution < -0.4 is 19.5 Å². The van der Waals surface area contributed by atoms with Crippen LogP contribution in [0.15, 0.2) is 48.5 Å². The fourth-order valence-electron chi connectivity index (χ4n) is 3.93. The lowest BCUT2D eigenvalue weighted by Crippen LogP contribution is -2.47. The van der Waals surface area contributed by atoms with Gasteiger partial charge in [-0.1, -0.05) is 12.1 Å². The number of likely N-dealkylation sites (N-methyl/N-ethyl adjacent to an activating group) is 1. The van der Waals surface area contributed by atoms with Crippen molar-refractivity contribution < 1.29 is 23.8 Å². The number of hydrogen-bond acceptors (Lipinski definition) is 7. The average Bonchev–Trinajstić information content (AvgIpc) is 3.39. The van der Waals surface area contributed by atoms with Crippen molar-refractivity contribution in [3.63, 3.8) is 0 Å². The van der Waals surface area contributed by atoms with Crippen LogP contribution in [0.25, 0.3) is 10.4 Å². The fraction of sp³-hybridized carbons (Fsp3) is 0.308. The van der Waals surface area contributed by atoms with Gasteiger partial charge in [0.2, 0.25) is 5.75 Å². The molecule has 2 aromatic carbocycles. The first kappa shape index (κ1) is 24.6. The molecule has 2 amide bonds. The Kier molecular flexibility index (Phi) is 7.57. The Morgan fingerprint density at radius 1 is 0.857 bits per heavy atom. The number of nitrogens with one attached hydrogen (secondary N) is 1. The Hall–Kier alpha value is -3.56. The van der Waals surface area contributed by atoms with Crippen LogP contribution in [0.4, 0.5) is 5.69 Å². The van der Waals surface area contributed by atoms with E-state index in [1.54, 1.807) is 18.2 Å². The maximum absolute atomic E-state index is 12.9. The van der Waals surface area contributed by atoms with Crippen LogP contribution in [0.3, 0.4) is 0 Å². The lowest BCUT2D eigenvalue weighted by molar-refractivity contribution is 0.0664. The molecule has 4 rings (SSSR count). The molecule has 35 heavy (non-hydrogen) atoms. The van der Waals surface area contributed by atoms with Crippen LogP contribution >= 0.6 is 11.3 Å². The summed E-state index contributed by atoms with van der Waals surface area (Å²) in [6.07, 6.45) is 0. The summed E-state index contributed by atoms with van der Waals surface area (Å²) in [5, 5.41) is 2.89. The summed E-state index contributed by atoms with van der Waals surface area (Å²) in [4.78, 5) is 31.3. The van der Waals surface area contributed by atoms with Gasteiger partial charge in [-0.05, 0) is 36.9 Å². The minimum absolute atomic E-state index is 0.0567. The molecular weight excluding hydrogens is 466 g/mol. The van der Waals surface area contributed by atoms with E-state index in [9.17, 15) is 9.59 Å². The number of carbonyl (C=O) groups excluding carboxylic acids is 2. The van der Waals surface area contributed by atoms with Gasteiger partial charge in [-0.15, -0.1) is 11.3 Å². The molecule has 0 saturated carbocycles. The van der Waals surface area contributed by atoms with E-state index in [4.69, 9.17) is 14.2 Å². The summed E-state index contributed by atoms with van der Waals surface area (Å²) >= 11 is 1.38. The van der Waals surface area contributed by atoms with E-state index in [0.29, 0.717) is 33.4 Å². The highest BCUT2D eigenvalue weighted by atomic mass is 32.1. The van der Waals surface area contributed by atoms with Gasteiger partial charge in [-0.2, -0.15) is 0 Å². The van der Waals surface area contributed by atoms with E-state index >= 15 is 0 Å². The van der Waals surface area contributed by atoms with Crippen LogP contribution in [-0.2, 0) is 0 Å². The molecule has 3 aromatic rings. The van der Waals surface area contributed by atoms with Crippen molar-refractivity contribution in [2.45, 2.75) is 0 Å². The Labute approximate surface area is 209 Å². The van der Waals surface area contributed by atoms with Crippen molar-refractivity contribution in [3.05, 3.63) is 59.0 Å². The fourth-order valence-corrected chi connectivity index (χ4v) is 4.84. The van der Waals surface area contributed by atoms with E-state index in [2.05, 4.69) is 17.3 Å². The first-order chi connectivity index (χ1) is 16.9. The average molecular weight is 496 g/mol. The molecule has 8 nitrogen and oxygen atoms in total. The number of amides is 2. The number of methoxy groups -OCH3 is 3. The SMILES string of the molecule is COc1cc(NC(=O)c2ccc(-c3ccc(C(=O)N4CCN(C)CC4)cc3)s2)cc(OC)c1OC. The summed E-state index contributed by atoms with van der Waals surface area (Å²) < 4.78 is 16.0. The Morgan fingerprint density at radius 3 is 2.06 bits per heavy atom. The summed E-state index contributed by atoms with van der Waals surface area (Å²) in [5.74, 6) is 1.19. The number of carbonyl (C=O) groups is 2. The zero-order chi connectivity index (χ0) is 24.9. The van der Waals surface area contributed by atoms with Gasteiger partial charge < -0.3 is 29.3 Å². The lowest BCUT2D eigenvalue weighted by Gasteiger charge is -2.32. The van der Waals surface area contributed by atoms with Crippen molar-refractivity contribution in [1.82, 2.24) is 9.80 Å². The molecule has 1 aromatic heterocycles. The number of rotatable bonds is 7. The zero-order valence-corrected chi connectivity index (χ0v) is 21.1. The molecule has 1 N–H and O–H groups in total. The Morgan fingerprint density at radius 2 is 1.49 bits per heavy atom. The van der Waals surface area contributed by atoms with Gasteiger partial charge in [-0.3, -0.25) is 9.59 Å². The molecule has 2 heterocycles. The molecule has 0 bridgehead atoms. The third kappa shape index (κ3) is 5.41. The molecule has 0 atom stereocenters. The second-order valence-corrected chi connectivity index (χ2v) is 9.29. The van der Waals surface area contributed by atoms with Gasteiger partial charge in [0.25, 0.3) is 11.8 Å². The molecule has 1 fully saturated rings. The minimum Gasteiger partial charge on any atom is -0.493 e. The first-order valence-corrected chi connectivity index (χ1v) is 12.0. The molecule has 1 aliphatic rings. The number of benzene rings is 2. The van der Waals surface area contributed by atoms with Gasteiger partial charge in [0.1, 0.15) is 0 Å². The van der Waals surface area contributed by atoms with Crippen LogP contribution in [-0.4, -0.2) is 76.2 Å². The van der Waals surface area contributed by atoms with E-state index < -0.39 is 0 Å². The third-order valence-corrected chi connectivity index (χ3v) is 7.09. The minimum atomic E-state index is -0.239. The molecular formula is C26H29N3O5S. The lowest BCUT2D eigenvalue weighted by atomic mass is 10.1. The highest BCUT2D eigenvalue weighted by Crippen LogP contribution is 2.40. The van der Waals surface area contributed by atoms with Crippen LogP contribution in [0.5, 0.6) is 17.2 Å². The predicted octanol–water partition coefficient (Wildman–Crippen LogP) is 4.08. The van der Waals surface area contributed by atoms with E-state index in [1.165, 1.54) is 32.7 Å². The predicted molar refractivity (Wildman–Crippen MR) is 137 cm³/mol. The molecule has 9 heteroatoms. The van der Waals surface area contributed by atoms with Crippen molar-refractivity contribution in [2.75, 3.05) is 59.9 Å². The Bertz CT molecular complexity index is 1170. The molecule has 0 unspecified atom stereocenters. The third-order valence-electron chi connectivity index (χ3n) is 5.96. The van der Waals surface area contributed by atoms with Crippen LogP contribution in [0.2, 0.25) is 0 Å². The summed E-state index contributed by atoms with van der Waals surface area (Å²) in [5.41, 5.74) is 2.17. The quantitative estimate of drug-likeness (QED) is 0.532. The van der Waals surface area contributed by atoms with Gasteiger partial charge in [-0.25, -0.2) is 0 Å². The second kappa shape index (κ2) is 10.8. The standard InChI is InChI=1S/C26H29N3O5S/c1-28-11-13-29(14-12-28)26(31)18-7-5-17(6-8-18)22-9-10-23(35-22)25(30)27-19-15-20(32-2)24(34-4)21(16-19)33-3/h5-10,15-16H,11-14H2,1-4H3,(H,27,30). The summed E-state index contributed by atoms with van der Waals surface area (Å²) in [6, 6.07) is 14.6. The highest BCUT2D eigenvalue weighted by Gasteiger charge is 2.21. The largest absolute Gasteiger partial charge is 0.493 e. The van der Waals surface area contributed by atoms with Crippen LogP contribution in [0.1, 0.15) is 20.0 Å². The number of hydrogen-bond donors (Lipinski definition) is 1. The van der Waals surface area contributed by atoms with Gasteiger partial charge in [0.05, 0.1) is 26.2 Å². The molecule has 0 radical (unpaired) electrons. The number of piperazine rings is 1. The van der Waals surface area contributed by atoms with Gasteiger partial charge >= 0.3 is 0 Å². The highest BCUT2D eigenvalue weighted by molar-refractivity contribution is 7.17. The van der Waals surface area contributed by atoms with Crippen LogP contribution in [0, 0.1) is 0 Å². The van der Waals surface area contributed by atoms with Crippen molar-refractivity contribution >= 4 is 28.8 Å². The Balaban J connectivity index is 1.45. The molecule has 0 spiro atoms. The molecule has 0 aliphatic carbocycles. The van der Waals surface area contributed by atoms with E-state index in [0.717, 1.165) is 36.6 Å². The molecule has 1 aliphatic heterocycles. The first-order valence-electron chi connectivity index (χ1n) is 11.2. The number of ether oxygens (including phenoxy) is 3. The monoisotopic (exact) mass is 495 g/mol. The zero-order valence-electron chi connectivity index (χ0n) is 20.3. The van der Waals surface area contributed by atoms with E-state index in [1.807, 2.05) is 35.2 Å². The van der Waals surface area contributed by atoms with Crippen molar-refractivity contribution in [2.24, 2.45) is 0 Å². The number of nitrogens with zero attached hydrogens (tertiary/aromatic N) is 2. The topological polar surface area (TPSA) is 80.3 Å². The van der Waals surface area contributed by atoms with Gasteiger partial charge in [0, 0.05) is 54.4 Å². The second-order valence-electron chi connectivity index (χ2n) is 8.20. The maximum atomic E-state index is 12.9. The van der Waals surface area contributed by atoms with Gasteiger partial charge in [0.15, 0.2) is 11.5 Å².